The Balaban J connectivity index is 2.09. The highest BCUT2D eigenvalue weighted by molar-refractivity contribution is 6.30. The lowest BCUT2D eigenvalue weighted by Crippen LogP contribution is -2.31. The van der Waals surface area contributed by atoms with E-state index in [1.165, 1.54) is 4.90 Å². The minimum Gasteiger partial charge on any atom is -0.345 e. The number of carbonyl (C=O) groups is 2. The smallest absolute Gasteiger partial charge is 0.319 e. The van der Waals surface area contributed by atoms with Gasteiger partial charge in [0.15, 0.2) is 0 Å². The van der Waals surface area contributed by atoms with E-state index in [-0.39, 0.29) is 18.0 Å². The summed E-state index contributed by atoms with van der Waals surface area (Å²) in [6.45, 7) is 3.75. The quantitative estimate of drug-likeness (QED) is 0.858. The van der Waals surface area contributed by atoms with Gasteiger partial charge in [0.25, 0.3) is 5.91 Å². The highest BCUT2D eigenvalue weighted by Gasteiger charge is 2.13. The Bertz CT molecular complexity index is 790. The zero-order chi connectivity index (χ0) is 18.6. The number of halogens is 1. The Morgan fingerprint density at radius 3 is 2.48 bits per heavy atom. The molecule has 0 bridgehead atoms. The second-order valence-corrected chi connectivity index (χ2v) is 6.54. The van der Waals surface area contributed by atoms with Crippen LogP contribution in [-0.4, -0.2) is 30.9 Å². The highest BCUT2D eigenvalue weighted by Crippen LogP contribution is 2.20. The van der Waals surface area contributed by atoms with Crippen LogP contribution in [-0.2, 0) is 0 Å². The van der Waals surface area contributed by atoms with Gasteiger partial charge in [-0.25, -0.2) is 4.79 Å². The van der Waals surface area contributed by atoms with Crippen molar-refractivity contribution in [1.82, 2.24) is 10.2 Å². The largest absolute Gasteiger partial charge is 0.345 e. The maximum absolute atomic E-state index is 12.3. The lowest BCUT2D eigenvalue weighted by molar-refractivity contribution is 0.0827. The topological polar surface area (TPSA) is 61.4 Å². The van der Waals surface area contributed by atoms with E-state index >= 15 is 0 Å². The van der Waals surface area contributed by atoms with Crippen LogP contribution in [0.25, 0.3) is 0 Å². The van der Waals surface area contributed by atoms with Crippen LogP contribution in [0.4, 0.5) is 10.5 Å². The average Bonchev–Trinajstić information content (AvgIpc) is 2.56. The van der Waals surface area contributed by atoms with Crippen LogP contribution in [0.2, 0.25) is 5.02 Å². The monoisotopic (exact) mass is 359 g/mol. The number of hydrogen-bond acceptors (Lipinski definition) is 2. The van der Waals surface area contributed by atoms with E-state index in [9.17, 15) is 9.59 Å². The van der Waals surface area contributed by atoms with Gasteiger partial charge < -0.3 is 15.5 Å². The van der Waals surface area contributed by atoms with Crippen molar-refractivity contribution in [3.63, 3.8) is 0 Å². The minimum absolute atomic E-state index is 0.115. The van der Waals surface area contributed by atoms with E-state index in [1.54, 1.807) is 32.3 Å². The van der Waals surface area contributed by atoms with Crippen LogP contribution in [0, 0.1) is 6.92 Å². The van der Waals surface area contributed by atoms with Crippen LogP contribution in [0.15, 0.2) is 42.5 Å². The molecule has 0 aliphatic carbocycles. The number of hydrogen-bond donors (Lipinski definition) is 2. The molecule has 2 N–H and O–H groups in total. The molecule has 2 aromatic rings. The first-order valence-corrected chi connectivity index (χ1v) is 8.31. The number of rotatable bonds is 4. The Kier molecular flexibility index (Phi) is 6.04. The van der Waals surface area contributed by atoms with Gasteiger partial charge in [-0.2, -0.15) is 0 Å². The summed E-state index contributed by atoms with van der Waals surface area (Å²) >= 11 is 5.98. The van der Waals surface area contributed by atoms with Crippen molar-refractivity contribution >= 4 is 29.2 Å². The molecule has 1 atom stereocenters. The first kappa shape index (κ1) is 18.8. The molecular formula is C19H22ClN3O2. The number of aryl methyl sites for hydroxylation is 1. The third-order valence-electron chi connectivity index (χ3n) is 3.84. The van der Waals surface area contributed by atoms with Gasteiger partial charge in [-0.05, 0) is 49.2 Å². The van der Waals surface area contributed by atoms with Crippen LogP contribution < -0.4 is 10.6 Å². The lowest BCUT2D eigenvalue weighted by atomic mass is 10.1. The van der Waals surface area contributed by atoms with Crippen molar-refractivity contribution in [3.8, 4) is 0 Å². The van der Waals surface area contributed by atoms with E-state index in [0.29, 0.717) is 16.3 Å². The maximum Gasteiger partial charge on any atom is 0.319 e. The fourth-order valence-corrected chi connectivity index (χ4v) is 2.56. The van der Waals surface area contributed by atoms with Crippen molar-refractivity contribution in [2.45, 2.75) is 19.9 Å². The van der Waals surface area contributed by atoms with Crippen molar-refractivity contribution in [1.29, 1.82) is 0 Å². The molecule has 0 saturated carbocycles. The van der Waals surface area contributed by atoms with E-state index in [1.807, 2.05) is 38.1 Å². The fraction of sp³-hybridized carbons (Fsp3) is 0.263. The summed E-state index contributed by atoms with van der Waals surface area (Å²) in [6, 6.07) is 12.0. The van der Waals surface area contributed by atoms with Crippen molar-refractivity contribution in [3.05, 3.63) is 64.2 Å². The molecule has 0 radical (unpaired) electrons. The molecule has 25 heavy (non-hydrogen) atoms. The predicted octanol–water partition coefficient (Wildman–Crippen LogP) is 4.23. The zero-order valence-corrected chi connectivity index (χ0v) is 15.5. The third-order valence-corrected chi connectivity index (χ3v) is 4.07. The van der Waals surface area contributed by atoms with Crippen molar-refractivity contribution in [2.75, 3.05) is 19.4 Å². The Hall–Kier alpha value is -2.53. The molecule has 2 aromatic carbocycles. The predicted molar refractivity (Wildman–Crippen MR) is 101 cm³/mol. The second kappa shape index (κ2) is 8.03. The number of benzene rings is 2. The molecule has 6 heteroatoms. The first-order chi connectivity index (χ1) is 11.8. The van der Waals surface area contributed by atoms with Crippen molar-refractivity contribution in [2.24, 2.45) is 0 Å². The van der Waals surface area contributed by atoms with Gasteiger partial charge in [0, 0.05) is 30.4 Å². The van der Waals surface area contributed by atoms with Gasteiger partial charge in [0.05, 0.1) is 6.04 Å². The van der Waals surface area contributed by atoms with Gasteiger partial charge in [-0.15, -0.1) is 0 Å². The van der Waals surface area contributed by atoms with Gasteiger partial charge in [0.1, 0.15) is 0 Å². The summed E-state index contributed by atoms with van der Waals surface area (Å²) in [7, 11) is 3.38. The van der Waals surface area contributed by atoms with Crippen LogP contribution in [0.5, 0.6) is 0 Å². The van der Waals surface area contributed by atoms with Crippen LogP contribution in [0.1, 0.15) is 34.5 Å². The second-order valence-electron chi connectivity index (χ2n) is 6.10. The van der Waals surface area contributed by atoms with Gasteiger partial charge in [-0.3, -0.25) is 4.79 Å². The summed E-state index contributed by atoms with van der Waals surface area (Å²) in [5.41, 5.74) is 2.91. The van der Waals surface area contributed by atoms with E-state index in [2.05, 4.69) is 10.6 Å². The molecular weight excluding hydrogens is 338 g/mol. The number of carbonyl (C=O) groups excluding carboxylic acids is 2. The number of nitrogens with one attached hydrogen (secondary N) is 2. The first-order valence-electron chi connectivity index (χ1n) is 7.93. The van der Waals surface area contributed by atoms with Gasteiger partial charge >= 0.3 is 6.03 Å². The molecule has 3 amide bonds. The summed E-state index contributed by atoms with van der Waals surface area (Å²) in [4.78, 5) is 25.9. The Labute approximate surface area is 153 Å². The molecule has 0 fully saturated rings. The lowest BCUT2D eigenvalue weighted by Gasteiger charge is -2.17. The molecule has 0 aromatic heterocycles. The molecule has 0 heterocycles. The molecule has 132 valence electrons. The van der Waals surface area contributed by atoms with Gasteiger partial charge in [0.2, 0.25) is 0 Å². The number of anilines is 1. The Morgan fingerprint density at radius 2 is 1.84 bits per heavy atom. The molecule has 0 aliphatic rings. The number of nitrogens with zero attached hydrogens (tertiary/aromatic N) is 1. The number of amides is 3. The average molecular weight is 360 g/mol. The molecule has 5 nitrogen and oxygen atoms in total. The van der Waals surface area contributed by atoms with Crippen LogP contribution in [0.3, 0.4) is 0 Å². The molecule has 0 unspecified atom stereocenters. The summed E-state index contributed by atoms with van der Waals surface area (Å²) in [5, 5.41) is 6.29. The molecule has 0 saturated heterocycles. The SMILES string of the molecule is Cc1ccc(C(=O)N(C)C)cc1NC(=O)N[C@H](C)c1cccc(Cl)c1. The standard InChI is InChI=1S/C19H22ClN3O2/c1-12-8-9-15(18(24)23(3)4)11-17(12)22-19(25)21-13(2)14-6-5-7-16(20)10-14/h5-11,13H,1-4H3,(H2,21,22,25)/t13-/m1/s1. The van der Waals surface area contributed by atoms with E-state index in [4.69, 9.17) is 11.6 Å². The Morgan fingerprint density at radius 1 is 1.12 bits per heavy atom. The number of urea groups is 1. The van der Waals surface area contributed by atoms with E-state index < -0.39 is 0 Å². The maximum atomic E-state index is 12.3. The zero-order valence-electron chi connectivity index (χ0n) is 14.8. The summed E-state index contributed by atoms with van der Waals surface area (Å²) in [6.07, 6.45) is 0. The summed E-state index contributed by atoms with van der Waals surface area (Å²) in [5.74, 6) is -0.115. The minimum atomic E-state index is -0.343. The molecule has 2 rings (SSSR count). The van der Waals surface area contributed by atoms with Crippen LogP contribution >= 0.6 is 11.6 Å². The normalized spacial score (nSPS) is 11.6. The van der Waals surface area contributed by atoms with E-state index in [0.717, 1.165) is 11.1 Å². The van der Waals surface area contributed by atoms with Gasteiger partial charge in [-0.1, -0.05) is 29.8 Å². The third kappa shape index (κ3) is 4.97. The fourth-order valence-electron chi connectivity index (χ4n) is 2.36. The van der Waals surface area contributed by atoms with Crippen molar-refractivity contribution < 1.29 is 9.59 Å². The summed E-state index contributed by atoms with van der Waals surface area (Å²) < 4.78 is 0. The highest BCUT2D eigenvalue weighted by atomic mass is 35.5. The molecule has 0 spiro atoms. The molecule has 0 aliphatic heterocycles.